The lowest BCUT2D eigenvalue weighted by molar-refractivity contribution is 0.770. The van der Waals surface area contributed by atoms with Gasteiger partial charge in [0.2, 0.25) is 0 Å². The SMILES string of the molecule is CCn1ccnc1-c1cccc(CN)c1. The zero-order valence-electron chi connectivity index (χ0n) is 8.85. The molecule has 0 saturated heterocycles. The van der Waals surface area contributed by atoms with Crippen LogP contribution in [-0.2, 0) is 13.1 Å². The lowest BCUT2D eigenvalue weighted by atomic mass is 10.1. The van der Waals surface area contributed by atoms with Crippen LogP contribution in [-0.4, -0.2) is 9.55 Å². The molecule has 0 bridgehead atoms. The summed E-state index contributed by atoms with van der Waals surface area (Å²) in [7, 11) is 0. The predicted molar refractivity (Wildman–Crippen MR) is 61.2 cm³/mol. The number of aryl methyl sites for hydroxylation is 1. The molecule has 0 aliphatic rings. The Balaban J connectivity index is 2.44. The van der Waals surface area contributed by atoms with Gasteiger partial charge in [0.05, 0.1) is 0 Å². The van der Waals surface area contributed by atoms with Crippen LogP contribution in [0.3, 0.4) is 0 Å². The highest BCUT2D eigenvalue weighted by atomic mass is 15.1. The van der Waals surface area contributed by atoms with Gasteiger partial charge in [-0.2, -0.15) is 0 Å². The molecule has 2 aromatic rings. The Kier molecular flexibility index (Phi) is 2.83. The number of nitrogens with two attached hydrogens (primary N) is 1. The first kappa shape index (κ1) is 9.93. The average Bonchev–Trinajstić information content (AvgIpc) is 2.77. The van der Waals surface area contributed by atoms with Gasteiger partial charge >= 0.3 is 0 Å². The summed E-state index contributed by atoms with van der Waals surface area (Å²) in [5.41, 5.74) is 7.88. The molecule has 1 aromatic heterocycles. The Morgan fingerprint density at radius 3 is 3.00 bits per heavy atom. The first-order valence-electron chi connectivity index (χ1n) is 5.15. The summed E-state index contributed by atoms with van der Waals surface area (Å²) in [6.45, 7) is 3.61. The summed E-state index contributed by atoms with van der Waals surface area (Å²) >= 11 is 0. The van der Waals surface area contributed by atoms with Gasteiger partial charge in [-0.05, 0) is 18.6 Å². The normalized spacial score (nSPS) is 10.5. The third-order valence-corrected chi connectivity index (χ3v) is 2.48. The molecule has 3 heteroatoms. The number of hydrogen-bond acceptors (Lipinski definition) is 2. The molecule has 0 radical (unpaired) electrons. The molecule has 2 N–H and O–H groups in total. The Bertz CT molecular complexity index is 446. The van der Waals surface area contributed by atoms with Crippen molar-refractivity contribution < 1.29 is 0 Å². The van der Waals surface area contributed by atoms with Crippen LogP contribution in [0, 0.1) is 0 Å². The molecule has 0 aliphatic heterocycles. The number of hydrogen-bond donors (Lipinski definition) is 1. The van der Waals surface area contributed by atoms with Crippen molar-refractivity contribution in [3.63, 3.8) is 0 Å². The summed E-state index contributed by atoms with van der Waals surface area (Å²) in [6.07, 6.45) is 3.82. The summed E-state index contributed by atoms with van der Waals surface area (Å²) in [5, 5.41) is 0. The molecule has 1 heterocycles. The minimum absolute atomic E-state index is 0.570. The molecule has 0 aliphatic carbocycles. The molecule has 0 fully saturated rings. The fourth-order valence-electron chi connectivity index (χ4n) is 1.66. The van der Waals surface area contributed by atoms with E-state index in [-0.39, 0.29) is 0 Å². The minimum atomic E-state index is 0.570. The van der Waals surface area contributed by atoms with Gasteiger partial charge in [-0.25, -0.2) is 4.98 Å². The van der Waals surface area contributed by atoms with E-state index in [2.05, 4.69) is 28.6 Å². The molecule has 0 amide bonds. The smallest absolute Gasteiger partial charge is 0.139 e. The van der Waals surface area contributed by atoms with Gasteiger partial charge in [-0.3, -0.25) is 0 Å². The van der Waals surface area contributed by atoms with E-state index in [1.54, 1.807) is 0 Å². The second kappa shape index (κ2) is 4.28. The lowest BCUT2D eigenvalue weighted by Gasteiger charge is -2.05. The van der Waals surface area contributed by atoms with Crippen molar-refractivity contribution in [3.8, 4) is 11.4 Å². The Labute approximate surface area is 89.6 Å². The molecule has 0 spiro atoms. The van der Waals surface area contributed by atoms with Crippen LogP contribution in [0.15, 0.2) is 36.7 Å². The van der Waals surface area contributed by atoms with Crippen molar-refractivity contribution in [1.29, 1.82) is 0 Å². The van der Waals surface area contributed by atoms with Crippen molar-refractivity contribution in [2.75, 3.05) is 0 Å². The van der Waals surface area contributed by atoms with Crippen molar-refractivity contribution in [2.24, 2.45) is 5.73 Å². The van der Waals surface area contributed by atoms with E-state index >= 15 is 0 Å². The fourth-order valence-corrected chi connectivity index (χ4v) is 1.66. The van der Waals surface area contributed by atoms with E-state index < -0.39 is 0 Å². The third-order valence-electron chi connectivity index (χ3n) is 2.48. The van der Waals surface area contributed by atoms with Crippen molar-refractivity contribution >= 4 is 0 Å². The Morgan fingerprint density at radius 2 is 2.27 bits per heavy atom. The van der Waals surface area contributed by atoms with Gasteiger partial charge in [0.15, 0.2) is 0 Å². The molecular formula is C12H15N3. The van der Waals surface area contributed by atoms with Crippen LogP contribution in [0.25, 0.3) is 11.4 Å². The van der Waals surface area contributed by atoms with Crippen LogP contribution >= 0.6 is 0 Å². The van der Waals surface area contributed by atoms with E-state index in [1.165, 1.54) is 0 Å². The summed E-state index contributed by atoms with van der Waals surface area (Å²) < 4.78 is 2.12. The van der Waals surface area contributed by atoms with E-state index in [1.807, 2.05) is 24.5 Å². The number of nitrogens with zero attached hydrogens (tertiary/aromatic N) is 2. The predicted octanol–water partition coefficient (Wildman–Crippen LogP) is 2.03. The summed E-state index contributed by atoms with van der Waals surface area (Å²) in [5.74, 6) is 1.01. The van der Waals surface area contributed by atoms with Gasteiger partial charge in [0, 0.05) is 31.0 Å². The minimum Gasteiger partial charge on any atom is -0.331 e. The van der Waals surface area contributed by atoms with E-state index in [0.717, 1.165) is 23.5 Å². The maximum absolute atomic E-state index is 5.62. The van der Waals surface area contributed by atoms with Crippen LogP contribution < -0.4 is 5.73 Å². The summed E-state index contributed by atoms with van der Waals surface area (Å²) in [6, 6.07) is 8.21. The van der Waals surface area contributed by atoms with E-state index in [0.29, 0.717) is 6.54 Å². The maximum Gasteiger partial charge on any atom is 0.139 e. The zero-order chi connectivity index (χ0) is 10.7. The second-order valence-corrected chi connectivity index (χ2v) is 3.44. The molecule has 2 rings (SSSR count). The standard InChI is InChI=1S/C12H15N3/c1-2-15-7-6-14-12(15)11-5-3-4-10(8-11)9-13/h3-8H,2,9,13H2,1H3. The van der Waals surface area contributed by atoms with Crippen LogP contribution in [0.4, 0.5) is 0 Å². The fraction of sp³-hybridized carbons (Fsp3) is 0.250. The highest BCUT2D eigenvalue weighted by Gasteiger charge is 2.04. The monoisotopic (exact) mass is 201 g/mol. The van der Waals surface area contributed by atoms with Gasteiger partial charge in [0.25, 0.3) is 0 Å². The molecular weight excluding hydrogens is 186 g/mol. The highest BCUT2D eigenvalue weighted by Crippen LogP contribution is 2.18. The first-order valence-corrected chi connectivity index (χ1v) is 5.15. The highest BCUT2D eigenvalue weighted by molar-refractivity contribution is 5.56. The Hall–Kier alpha value is -1.61. The number of benzene rings is 1. The average molecular weight is 201 g/mol. The number of rotatable bonds is 3. The molecule has 15 heavy (non-hydrogen) atoms. The molecule has 1 aromatic carbocycles. The second-order valence-electron chi connectivity index (χ2n) is 3.44. The molecule has 3 nitrogen and oxygen atoms in total. The van der Waals surface area contributed by atoms with Crippen LogP contribution in [0.5, 0.6) is 0 Å². The van der Waals surface area contributed by atoms with Gasteiger partial charge in [-0.1, -0.05) is 18.2 Å². The largest absolute Gasteiger partial charge is 0.331 e. The molecule has 0 saturated carbocycles. The molecule has 0 atom stereocenters. The first-order chi connectivity index (χ1) is 7.35. The lowest BCUT2D eigenvalue weighted by Crippen LogP contribution is -1.99. The number of imidazole rings is 1. The van der Waals surface area contributed by atoms with Crippen LogP contribution in [0.1, 0.15) is 12.5 Å². The van der Waals surface area contributed by atoms with Crippen LogP contribution in [0.2, 0.25) is 0 Å². The van der Waals surface area contributed by atoms with Gasteiger partial charge in [-0.15, -0.1) is 0 Å². The van der Waals surface area contributed by atoms with E-state index in [4.69, 9.17) is 5.73 Å². The molecule has 0 unspecified atom stereocenters. The van der Waals surface area contributed by atoms with Crippen molar-refractivity contribution in [3.05, 3.63) is 42.2 Å². The maximum atomic E-state index is 5.62. The van der Waals surface area contributed by atoms with Crippen molar-refractivity contribution in [1.82, 2.24) is 9.55 Å². The van der Waals surface area contributed by atoms with Gasteiger partial charge in [0.1, 0.15) is 5.82 Å². The quantitative estimate of drug-likeness (QED) is 0.825. The Morgan fingerprint density at radius 1 is 1.40 bits per heavy atom. The zero-order valence-corrected chi connectivity index (χ0v) is 8.85. The van der Waals surface area contributed by atoms with Gasteiger partial charge < -0.3 is 10.3 Å². The summed E-state index contributed by atoms with van der Waals surface area (Å²) in [4.78, 5) is 4.35. The molecule has 78 valence electrons. The third kappa shape index (κ3) is 1.92. The van der Waals surface area contributed by atoms with E-state index in [9.17, 15) is 0 Å². The topological polar surface area (TPSA) is 43.8 Å². The van der Waals surface area contributed by atoms with Crippen molar-refractivity contribution in [2.45, 2.75) is 20.0 Å². The number of aromatic nitrogens is 2.